The third kappa shape index (κ3) is 5.07. The van der Waals surface area contributed by atoms with Crippen molar-refractivity contribution in [2.45, 2.75) is 31.7 Å². The van der Waals surface area contributed by atoms with Gasteiger partial charge in [-0.05, 0) is 12.8 Å². The smallest absolute Gasteiger partial charge is 0.261 e. The fourth-order valence-corrected chi connectivity index (χ4v) is 1.65. The Balaban J connectivity index is 2.16. The van der Waals surface area contributed by atoms with Crippen molar-refractivity contribution in [3.05, 3.63) is 0 Å². The Kier molecular flexibility index (Phi) is 5.98. The molecule has 1 amide bonds. The Hall–Kier alpha value is -0.420. The summed E-state index contributed by atoms with van der Waals surface area (Å²) in [5.74, 6) is 0.345. The lowest BCUT2D eigenvalue weighted by Gasteiger charge is -2.21. The number of rotatable bonds is 8. The summed E-state index contributed by atoms with van der Waals surface area (Å²) in [4.78, 5) is 13.4. The van der Waals surface area contributed by atoms with Crippen molar-refractivity contribution in [1.82, 2.24) is 4.90 Å². The van der Waals surface area contributed by atoms with Crippen LogP contribution in [0.25, 0.3) is 0 Å². The van der Waals surface area contributed by atoms with Crippen LogP contribution in [0.2, 0.25) is 0 Å². The predicted molar refractivity (Wildman–Crippen MR) is 56.9 cm³/mol. The molecular formula is C10H16ClF2NO2. The molecule has 1 aliphatic rings. The molecular weight excluding hydrogens is 240 g/mol. The Morgan fingerprint density at radius 2 is 2.19 bits per heavy atom. The first-order chi connectivity index (χ1) is 7.65. The highest BCUT2D eigenvalue weighted by atomic mass is 35.5. The third-order valence-corrected chi connectivity index (χ3v) is 2.51. The van der Waals surface area contributed by atoms with Crippen molar-refractivity contribution in [3.8, 4) is 0 Å². The zero-order valence-corrected chi connectivity index (χ0v) is 9.76. The number of hydrogen-bond acceptors (Lipinski definition) is 2. The molecule has 0 bridgehead atoms. The number of hydrogen-bond donors (Lipinski definition) is 0. The maximum Gasteiger partial charge on any atom is 0.261 e. The van der Waals surface area contributed by atoms with Gasteiger partial charge in [0.15, 0.2) is 0 Å². The Bertz CT molecular complexity index is 225. The van der Waals surface area contributed by atoms with Crippen molar-refractivity contribution in [3.63, 3.8) is 0 Å². The second-order valence-electron chi connectivity index (χ2n) is 3.72. The van der Waals surface area contributed by atoms with Crippen molar-refractivity contribution in [1.29, 1.82) is 0 Å². The molecule has 0 saturated heterocycles. The van der Waals surface area contributed by atoms with E-state index in [-0.39, 0.29) is 18.9 Å². The van der Waals surface area contributed by atoms with Crippen LogP contribution >= 0.6 is 11.6 Å². The van der Waals surface area contributed by atoms with Gasteiger partial charge in [0.2, 0.25) is 5.91 Å². The topological polar surface area (TPSA) is 29.5 Å². The van der Waals surface area contributed by atoms with Crippen molar-refractivity contribution < 1.29 is 18.3 Å². The van der Waals surface area contributed by atoms with Crippen LogP contribution in [-0.2, 0) is 9.53 Å². The lowest BCUT2D eigenvalue weighted by Crippen LogP contribution is -2.35. The molecule has 0 aromatic heterocycles. The molecule has 1 rings (SSSR count). The molecule has 6 heteroatoms. The number of nitrogens with zero attached hydrogens (tertiary/aromatic N) is 1. The highest BCUT2D eigenvalue weighted by Crippen LogP contribution is 2.27. The van der Waals surface area contributed by atoms with Gasteiger partial charge in [-0.3, -0.25) is 4.79 Å². The minimum atomic E-state index is -2.47. The molecule has 0 N–H and O–H groups in total. The number of alkyl halides is 3. The van der Waals surface area contributed by atoms with Gasteiger partial charge >= 0.3 is 0 Å². The van der Waals surface area contributed by atoms with Gasteiger partial charge in [0.1, 0.15) is 6.61 Å². The van der Waals surface area contributed by atoms with Crippen molar-refractivity contribution >= 4 is 17.5 Å². The van der Waals surface area contributed by atoms with Gasteiger partial charge < -0.3 is 9.64 Å². The monoisotopic (exact) mass is 255 g/mol. The first kappa shape index (κ1) is 13.6. The summed E-state index contributed by atoms with van der Waals surface area (Å²) in [6.07, 6.45) is -0.293. The minimum absolute atomic E-state index is 0.0503. The molecule has 0 aromatic rings. The Labute approximate surface area is 98.7 Å². The second-order valence-corrected chi connectivity index (χ2v) is 4.10. The molecule has 3 nitrogen and oxygen atoms in total. The molecule has 94 valence electrons. The molecule has 16 heavy (non-hydrogen) atoms. The van der Waals surface area contributed by atoms with E-state index in [9.17, 15) is 13.6 Å². The molecule has 0 radical (unpaired) electrons. The van der Waals surface area contributed by atoms with Gasteiger partial charge in [0, 0.05) is 18.5 Å². The first-order valence-corrected chi connectivity index (χ1v) is 5.90. The SMILES string of the molecule is O=C(CCOCC(F)F)N(CCCl)C1CC1. The van der Waals surface area contributed by atoms with E-state index in [1.165, 1.54) is 0 Å². The molecule has 0 heterocycles. The van der Waals surface area contributed by atoms with Crippen LogP contribution in [0.4, 0.5) is 8.78 Å². The average Bonchev–Trinajstić information content (AvgIpc) is 3.04. The van der Waals surface area contributed by atoms with Crippen LogP contribution in [-0.4, -0.2) is 48.9 Å². The third-order valence-electron chi connectivity index (χ3n) is 2.34. The fraction of sp³-hybridized carbons (Fsp3) is 0.900. The van der Waals surface area contributed by atoms with E-state index in [0.29, 0.717) is 18.5 Å². The molecule has 0 aromatic carbocycles. The summed E-state index contributed by atoms with van der Waals surface area (Å²) >= 11 is 5.59. The molecule has 0 unspecified atom stereocenters. The van der Waals surface area contributed by atoms with E-state index in [2.05, 4.69) is 4.74 Å². The predicted octanol–water partition coefficient (Wildman–Crippen LogP) is 1.89. The highest BCUT2D eigenvalue weighted by molar-refractivity contribution is 6.18. The van der Waals surface area contributed by atoms with Crippen molar-refractivity contribution in [2.75, 3.05) is 25.6 Å². The average molecular weight is 256 g/mol. The van der Waals surface area contributed by atoms with Gasteiger partial charge in [-0.1, -0.05) is 0 Å². The summed E-state index contributed by atoms with van der Waals surface area (Å²) in [5.41, 5.74) is 0. The van der Waals surface area contributed by atoms with E-state index >= 15 is 0 Å². The highest BCUT2D eigenvalue weighted by Gasteiger charge is 2.31. The maximum atomic E-state index is 11.7. The van der Waals surface area contributed by atoms with Gasteiger partial charge in [-0.2, -0.15) is 0 Å². The lowest BCUT2D eigenvalue weighted by atomic mass is 10.3. The number of halogens is 3. The van der Waals surface area contributed by atoms with Crippen molar-refractivity contribution in [2.24, 2.45) is 0 Å². The lowest BCUT2D eigenvalue weighted by molar-refractivity contribution is -0.133. The van der Waals surface area contributed by atoms with Crippen LogP contribution in [0.5, 0.6) is 0 Å². The largest absolute Gasteiger partial charge is 0.375 e. The normalized spacial score (nSPS) is 15.5. The maximum absolute atomic E-state index is 11.7. The van der Waals surface area contributed by atoms with Crippen LogP contribution in [0.3, 0.4) is 0 Å². The molecule has 0 spiro atoms. The quantitative estimate of drug-likeness (QED) is 0.490. The number of carbonyl (C=O) groups excluding carboxylic acids is 1. The Morgan fingerprint density at radius 1 is 1.50 bits per heavy atom. The number of amides is 1. The van der Waals surface area contributed by atoms with Gasteiger partial charge in [0.05, 0.1) is 13.0 Å². The van der Waals surface area contributed by atoms with E-state index in [4.69, 9.17) is 11.6 Å². The standard InChI is InChI=1S/C10H16ClF2NO2/c11-4-5-14(8-1-2-8)10(15)3-6-16-7-9(12)13/h8-9H,1-7H2. The van der Waals surface area contributed by atoms with E-state index in [1.54, 1.807) is 4.90 Å². The van der Waals surface area contributed by atoms with Gasteiger partial charge in [0.25, 0.3) is 6.43 Å². The summed E-state index contributed by atoms with van der Waals surface area (Å²) < 4.78 is 28.1. The molecule has 1 saturated carbocycles. The number of ether oxygens (including phenoxy) is 1. The summed E-state index contributed by atoms with van der Waals surface area (Å²) in [6, 6.07) is 0.307. The first-order valence-electron chi connectivity index (χ1n) is 5.36. The number of carbonyl (C=O) groups is 1. The zero-order chi connectivity index (χ0) is 12.0. The van der Waals surface area contributed by atoms with Gasteiger partial charge in [-0.25, -0.2) is 8.78 Å². The minimum Gasteiger partial charge on any atom is -0.375 e. The van der Waals surface area contributed by atoms with E-state index < -0.39 is 13.0 Å². The summed E-state index contributed by atoms with van der Waals surface area (Å²) in [7, 11) is 0. The van der Waals surface area contributed by atoms with Crippen LogP contribution in [0, 0.1) is 0 Å². The molecule has 1 aliphatic carbocycles. The van der Waals surface area contributed by atoms with Gasteiger partial charge in [-0.15, -0.1) is 11.6 Å². The van der Waals surface area contributed by atoms with E-state index in [0.717, 1.165) is 12.8 Å². The second kappa shape index (κ2) is 7.01. The molecule has 1 fully saturated rings. The van der Waals surface area contributed by atoms with Crippen LogP contribution in [0.15, 0.2) is 0 Å². The van der Waals surface area contributed by atoms with Crippen LogP contribution in [0.1, 0.15) is 19.3 Å². The van der Waals surface area contributed by atoms with Crippen LogP contribution < -0.4 is 0 Å². The van der Waals surface area contributed by atoms with E-state index in [1.807, 2.05) is 0 Å². The summed E-state index contributed by atoms with van der Waals surface area (Å²) in [5, 5.41) is 0. The fourth-order valence-electron chi connectivity index (χ4n) is 1.46. The Morgan fingerprint density at radius 3 is 2.69 bits per heavy atom. The summed E-state index contributed by atoms with van der Waals surface area (Å²) in [6.45, 7) is -0.0270. The zero-order valence-electron chi connectivity index (χ0n) is 9.00. The molecule has 0 aliphatic heterocycles. The molecule has 0 atom stereocenters.